The molecule has 0 aliphatic carbocycles. The van der Waals surface area contributed by atoms with Crippen molar-refractivity contribution in [1.29, 1.82) is 0 Å². The Hall–Kier alpha value is -4.22. The van der Waals surface area contributed by atoms with Gasteiger partial charge in [0.1, 0.15) is 0 Å². The summed E-state index contributed by atoms with van der Waals surface area (Å²) < 4.78 is 1.93. The molecular weight excluding hydrogens is 538 g/mol. The maximum atomic E-state index is 12.3. The van der Waals surface area contributed by atoms with Crippen molar-refractivity contribution in [1.82, 2.24) is 20.2 Å². The van der Waals surface area contributed by atoms with Crippen LogP contribution in [0.1, 0.15) is 23.6 Å². The van der Waals surface area contributed by atoms with Gasteiger partial charge >= 0.3 is 0 Å². The molecule has 0 bridgehead atoms. The van der Waals surface area contributed by atoms with Gasteiger partial charge < -0.3 is 9.88 Å². The molecule has 0 aliphatic rings. The van der Waals surface area contributed by atoms with Crippen molar-refractivity contribution < 1.29 is 9.72 Å². The smallest absolute Gasteiger partial charge is 0.270 e. The third-order valence-electron chi connectivity index (χ3n) is 5.87. The van der Waals surface area contributed by atoms with Crippen LogP contribution in [0.4, 0.5) is 11.4 Å². The fourth-order valence-corrected chi connectivity index (χ4v) is 4.84. The molecule has 3 aromatic carbocycles. The predicted octanol–water partition coefficient (Wildman–Crippen LogP) is 5.86. The first-order valence-corrected chi connectivity index (χ1v) is 13.2. The van der Waals surface area contributed by atoms with E-state index >= 15 is 0 Å². The lowest BCUT2D eigenvalue weighted by Gasteiger charge is -2.09. The third kappa shape index (κ3) is 7.01. The number of carbonyl (C=O) groups is 1. The highest BCUT2D eigenvalue weighted by atomic mass is 35.5. The molecule has 10 nitrogen and oxygen atoms in total. The summed E-state index contributed by atoms with van der Waals surface area (Å²) in [6, 6.07) is 17.6. The Kier molecular flexibility index (Phi) is 8.95. The SMILES string of the molecule is CCn1c(Sc2ccc([N+](=O)[O-])cc2/C=N\NC(=O)CNc2ccc(C)c(C)c2)nnc1-c1cccc(Cl)c1. The number of carbonyl (C=O) groups excluding carboxylic acids is 1. The van der Waals surface area contributed by atoms with Crippen LogP contribution in [0.2, 0.25) is 5.02 Å². The molecule has 0 atom stereocenters. The number of benzene rings is 3. The number of nitro groups is 1. The average molecular weight is 564 g/mol. The van der Waals surface area contributed by atoms with Gasteiger partial charge in [-0.1, -0.05) is 29.8 Å². The van der Waals surface area contributed by atoms with Crippen LogP contribution >= 0.6 is 23.4 Å². The topological polar surface area (TPSA) is 127 Å². The molecule has 0 radical (unpaired) electrons. The van der Waals surface area contributed by atoms with Gasteiger partial charge in [-0.05, 0) is 74.0 Å². The van der Waals surface area contributed by atoms with E-state index in [1.807, 2.05) is 61.7 Å². The number of hydrazone groups is 1. The van der Waals surface area contributed by atoms with Crippen LogP contribution in [0.15, 0.2) is 75.8 Å². The minimum atomic E-state index is -0.482. The van der Waals surface area contributed by atoms with E-state index in [0.717, 1.165) is 22.4 Å². The van der Waals surface area contributed by atoms with E-state index < -0.39 is 4.92 Å². The number of nitro benzene ring substituents is 1. The summed E-state index contributed by atoms with van der Waals surface area (Å²) in [6.07, 6.45) is 1.38. The lowest BCUT2D eigenvalue weighted by Crippen LogP contribution is -2.25. The molecule has 1 heterocycles. The zero-order chi connectivity index (χ0) is 27.9. The molecule has 1 amide bonds. The monoisotopic (exact) mass is 563 g/mol. The van der Waals surface area contributed by atoms with Crippen molar-refractivity contribution in [2.24, 2.45) is 5.10 Å². The van der Waals surface area contributed by atoms with Crippen LogP contribution in [0.5, 0.6) is 0 Å². The summed E-state index contributed by atoms with van der Waals surface area (Å²) in [5.74, 6) is 0.296. The Balaban J connectivity index is 1.51. The molecule has 0 saturated heterocycles. The summed E-state index contributed by atoms with van der Waals surface area (Å²) in [7, 11) is 0. The lowest BCUT2D eigenvalue weighted by atomic mass is 10.1. The molecule has 0 spiro atoms. The Morgan fingerprint density at radius 3 is 2.67 bits per heavy atom. The number of rotatable bonds is 10. The van der Waals surface area contributed by atoms with Gasteiger partial charge in [0.05, 0.1) is 17.7 Å². The first-order chi connectivity index (χ1) is 18.7. The summed E-state index contributed by atoms with van der Waals surface area (Å²) >= 11 is 7.45. The van der Waals surface area contributed by atoms with Crippen molar-refractivity contribution in [2.75, 3.05) is 11.9 Å². The molecule has 39 heavy (non-hydrogen) atoms. The first-order valence-electron chi connectivity index (χ1n) is 12.0. The van der Waals surface area contributed by atoms with Crippen molar-refractivity contribution in [2.45, 2.75) is 37.4 Å². The molecule has 12 heteroatoms. The highest BCUT2D eigenvalue weighted by Gasteiger charge is 2.17. The van der Waals surface area contributed by atoms with E-state index in [0.29, 0.717) is 33.0 Å². The largest absolute Gasteiger partial charge is 0.376 e. The molecule has 0 unspecified atom stereocenters. The number of aryl methyl sites for hydroxylation is 2. The van der Waals surface area contributed by atoms with Crippen molar-refractivity contribution in [3.63, 3.8) is 0 Å². The number of aromatic nitrogens is 3. The van der Waals surface area contributed by atoms with E-state index in [2.05, 4.69) is 26.0 Å². The number of nitrogens with zero attached hydrogens (tertiary/aromatic N) is 5. The Labute approximate surface area is 234 Å². The van der Waals surface area contributed by atoms with Crippen LogP contribution in [0.3, 0.4) is 0 Å². The van der Waals surface area contributed by atoms with Gasteiger partial charge in [0.25, 0.3) is 11.6 Å². The van der Waals surface area contributed by atoms with Crippen LogP contribution in [-0.2, 0) is 11.3 Å². The second kappa shape index (κ2) is 12.5. The maximum absolute atomic E-state index is 12.3. The molecule has 2 N–H and O–H groups in total. The Morgan fingerprint density at radius 1 is 1.13 bits per heavy atom. The van der Waals surface area contributed by atoms with Crippen molar-refractivity contribution in [3.8, 4) is 11.4 Å². The minimum Gasteiger partial charge on any atom is -0.376 e. The molecule has 200 valence electrons. The molecule has 1 aromatic heterocycles. The summed E-state index contributed by atoms with van der Waals surface area (Å²) in [4.78, 5) is 23.9. The Morgan fingerprint density at radius 2 is 1.95 bits per heavy atom. The quantitative estimate of drug-likeness (QED) is 0.140. The predicted molar refractivity (Wildman–Crippen MR) is 154 cm³/mol. The minimum absolute atomic E-state index is 0.0161. The van der Waals surface area contributed by atoms with E-state index in [1.54, 1.807) is 12.1 Å². The molecule has 0 fully saturated rings. The van der Waals surface area contributed by atoms with E-state index in [4.69, 9.17) is 11.6 Å². The first kappa shape index (κ1) is 27.8. The lowest BCUT2D eigenvalue weighted by molar-refractivity contribution is -0.384. The van der Waals surface area contributed by atoms with Crippen LogP contribution in [0.25, 0.3) is 11.4 Å². The van der Waals surface area contributed by atoms with E-state index in [9.17, 15) is 14.9 Å². The Bertz CT molecular complexity index is 1550. The van der Waals surface area contributed by atoms with Crippen LogP contribution < -0.4 is 10.7 Å². The number of halogens is 1. The zero-order valence-electron chi connectivity index (χ0n) is 21.5. The summed E-state index contributed by atoms with van der Waals surface area (Å²) in [5, 5.41) is 28.3. The number of non-ortho nitro benzene ring substituents is 1. The molecule has 0 aliphatic heterocycles. The van der Waals surface area contributed by atoms with Gasteiger partial charge in [0, 0.05) is 45.4 Å². The van der Waals surface area contributed by atoms with Gasteiger partial charge in [-0.15, -0.1) is 10.2 Å². The average Bonchev–Trinajstić information content (AvgIpc) is 3.32. The van der Waals surface area contributed by atoms with Crippen molar-refractivity contribution >= 4 is 46.9 Å². The zero-order valence-corrected chi connectivity index (χ0v) is 23.1. The number of hydrogen-bond donors (Lipinski definition) is 2. The highest BCUT2D eigenvalue weighted by Crippen LogP contribution is 2.33. The van der Waals surface area contributed by atoms with Gasteiger partial charge in [0.2, 0.25) is 0 Å². The molecule has 4 aromatic rings. The third-order valence-corrected chi connectivity index (χ3v) is 7.19. The molecule has 4 rings (SSSR count). The highest BCUT2D eigenvalue weighted by molar-refractivity contribution is 7.99. The summed E-state index contributed by atoms with van der Waals surface area (Å²) in [5.41, 5.74) is 6.75. The van der Waals surface area contributed by atoms with E-state index in [-0.39, 0.29) is 18.1 Å². The van der Waals surface area contributed by atoms with Crippen molar-refractivity contribution in [3.05, 3.63) is 92.5 Å². The van der Waals surface area contributed by atoms with Crippen LogP contribution in [0, 0.1) is 24.0 Å². The van der Waals surface area contributed by atoms with Crippen LogP contribution in [-0.4, -0.2) is 38.4 Å². The van der Waals surface area contributed by atoms with E-state index in [1.165, 1.54) is 30.1 Å². The summed E-state index contributed by atoms with van der Waals surface area (Å²) in [6.45, 7) is 6.60. The number of hydrogen-bond acceptors (Lipinski definition) is 8. The maximum Gasteiger partial charge on any atom is 0.270 e. The number of nitrogens with one attached hydrogen (secondary N) is 2. The number of anilines is 1. The number of amides is 1. The van der Waals surface area contributed by atoms with Gasteiger partial charge in [0.15, 0.2) is 11.0 Å². The standard InChI is InChI=1S/C27H26ClN7O3S/c1-4-34-26(19-6-5-7-21(28)13-19)32-33-27(34)39-24-11-10-23(35(37)38)14-20(24)15-30-31-25(36)16-29-22-9-8-17(2)18(3)12-22/h5-15,29H,4,16H2,1-3H3,(H,31,36)/b30-15-. The second-order valence-electron chi connectivity index (χ2n) is 8.59. The molecular formula is C27H26ClN7O3S. The van der Waals surface area contributed by atoms with Gasteiger partial charge in [-0.2, -0.15) is 5.10 Å². The van der Waals surface area contributed by atoms with Gasteiger partial charge in [-0.3, -0.25) is 14.9 Å². The fraction of sp³-hybridized carbons (Fsp3) is 0.185. The second-order valence-corrected chi connectivity index (χ2v) is 10.0. The van der Waals surface area contributed by atoms with Gasteiger partial charge in [-0.25, -0.2) is 5.43 Å². The normalized spacial score (nSPS) is 11.1. The molecule has 0 saturated carbocycles. The fourth-order valence-electron chi connectivity index (χ4n) is 3.68.